The Kier molecular flexibility index (Phi) is 3.35. The van der Waals surface area contributed by atoms with Crippen LogP contribution < -0.4 is 4.74 Å². The van der Waals surface area contributed by atoms with Crippen molar-refractivity contribution in [2.45, 2.75) is 0 Å². The summed E-state index contributed by atoms with van der Waals surface area (Å²) < 4.78 is 6.17. The van der Waals surface area contributed by atoms with E-state index in [2.05, 4.69) is 9.98 Å². The maximum absolute atomic E-state index is 9.54. The quantitative estimate of drug-likeness (QED) is 0.745. The van der Waals surface area contributed by atoms with Gasteiger partial charge in [-0.3, -0.25) is 0 Å². The molecule has 20 heavy (non-hydrogen) atoms. The molecule has 1 aromatic heterocycles. The molecule has 0 fully saturated rings. The Morgan fingerprint density at radius 3 is 2.90 bits per heavy atom. The molecular formula is C15H12N2O2S. The Morgan fingerprint density at radius 2 is 2.10 bits per heavy atom. The minimum absolute atomic E-state index is 0.115. The van der Waals surface area contributed by atoms with E-state index in [1.54, 1.807) is 24.4 Å². The molecule has 0 spiro atoms. The van der Waals surface area contributed by atoms with E-state index in [0.717, 1.165) is 15.8 Å². The molecule has 3 aromatic rings. The molecule has 0 saturated heterocycles. The number of benzene rings is 2. The van der Waals surface area contributed by atoms with Gasteiger partial charge in [-0.15, -0.1) is 0 Å². The topological polar surface area (TPSA) is 54.7 Å². The second-order valence-electron chi connectivity index (χ2n) is 4.15. The highest BCUT2D eigenvalue weighted by Crippen LogP contribution is 2.28. The predicted octanol–water partition coefficient (Wildman–Crippen LogP) is 3.76. The Balaban J connectivity index is 1.89. The van der Waals surface area contributed by atoms with Crippen LogP contribution in [0, 0.1) is 0 Å². The minimum Gasteiger partial charge on any atom is -0.504 e. The van der Waals surface area contributed by atoms with Crippen molar-refractivity contribution in [3.8, 4) is 11.5 Å². The molecule has 1 N–H and O–H groups in total. The van der Waals surface area contributed by atoms with E-state index < -0.39 is 0 Å². The molecule has 0 radical (unpaired) electrons. The smallest absolute Gasteiger partial charge is 0.210 e. The highest BCUT2D eigenvalue weighted by atomic mass is 32.1. The van der Waals surface area contributed by atoms with Crippen molar-refractivity contribution >= 4 is 32.9 Å². The Hall–Kier alpha value is -2.40. The molecule has 100 valence electrons. The largest absolute Gasteiger partial charge is 0.504 e. The lowest BCUT2D eigenvalue weighted by molar-refractivity contribution is 0.373. The number of aromatic nitrogens is 1. The van der Waals surface area contributed by atoms with Gasteiger partial charge in [0.1, 0.15) is 0 Å². The summed E-state index contributed by atoms with van der Waals surface area (Å²) in [6.07, 6.45) is 1.71. The van der Waals surface area contributed by atoms with Crippen LogP contribution in [0.3, 0.4) is 0 Å². The number of hydrogen-bond donors (Lipinski definition) is 1. The second-order valence-corrected chi connectivity index (χ2v) is 5.16. The van der Waals surface area contributed by atoms with Gasteiger partial charge in [0.05, 0.1) is 17.3 Å². The van der Waals surface area contributed by atoms with Gasteiger partial charge in [0, 0.05) is 6.21 Å². The highest BCUT2D eigenvalue weighted by Gasteiger charge is 2.02. The van der Waals surface area contributed by atoms with Crippen molar-refractivity contribution in [3.63, 3.8) is 0 Å². The fourth-order valence-electron chi connectivity index (χ4n) is 1.82. The van der Waals surface area contributed by atoms with Gasteiger partial charge in [-0.2, -0.15) is 0 Å². The lowest BCUT2D eigenvalue weighted by Gasteiger charge is -2.02. The zero-order valence-electron chi connectivity index (χ0n) is 10.8. The SMILES string of the molecule is COc1cc(/C=N/c2nc3ccccc3s2)ccc1O. The fraction of sp³-hybridized carbons (Fsp3) is 0.0667. The van der Waals surface area contributed by atoms with Crippen LogP contribution in [0.25, 0.3) is 10.2 Å². The first-order valence-corrected chi connectivity index (χ1v) is 6.84. The van der Waals surface area contributed by atoms with E-state index in [4.69, 9.17) is 4.74 Å². The lowest BCUT2D eigenvalue weighted by atomic mass is 10.2. The summed E-state index contributed by atoms with van der Waals surface area (Å²) >= 11 is 1.54. The van der Waals surface area contributed by atoms with E-state index in [0.29, 0.717) is 10.9 Å². The molecule has 0 bridgehead atoms. The van der Waals surface area contributed by atoms with Crippen LogP contribution in [0.1, 0.15) is 5.56 Å². The normalized spacial score (nSPS) is 11.2. The van der Waals surface area contributed by atoms with Crippen LogP contribution in [-0.4, -0.2) is 23.4 Å². The zero-order valence-corrected chi connectivity index (χ0v) is 11.6. The molecule has 0 atom stereocenters. The maximum Gasteiger partial charge on any atom is 0.210 e. The molecule has 2 aromatic carbocycles. The van der Waals surface area contributed by atoms with E-state index in [1.807, 2.05) is 24.3 Å². The van der Waals surface area contributed by atoms with E-state index in [9.17, 15) is 5.11 Å². The maximum atomic E-state index is 9.54. The van der Waals surface area contributed by atoms with E-state index in [1.165, 1.54) is 18.4 Å². The number of para-hydroxylation sites is 1. The van der Waals surface area contributed by atoms with Crippen LogP contribution >= 0.6 is 11.3 Å². The molecule has 0 unspecified atom stereocenters. The Morgan fingerprint density at radius 1 is 1.25 bits per heavy atom. The van der Waals surface area contributed by atoms with Crippen molar-refractivity contribution in [2.24, 2.45) is 4.99 Å². The number of phenolic OH excluding ortho intramolecular Hbond substituents is 1. The molecule has 4 nitrogen and oxygen atoms in total. The Bertz CT molecular complexity index is 747. The summed E-state index contributed by atoms with van der Waals surface area (Å²) in [7, 11) is 1.52. The van der Waals surface area contributed by atoms with Crippen molar-refractivity contribution in [2.75, 3.05) is 7.11 Å². The summed E-state index contributed by atoms with van der Waals surface area (Å²) in [6.45, 7) is 0. The summed E-state index contributed by atoms with van der Waals surface area (Å²) in [5.41, 5.74) is 1.80. The van der Waals surface area contributed by atoms with Gasteiger partial charge < -0.3 is 9.84 Å². The van der Waals surface area contributed by atoms with Crippen LogP contribution in [0.15, 0.2) is 47.5 Å². The number of thiazole rings is 1. The first kappa shape index (κ1) is 12.6. The predicted molar refractivity (Wildman–Crippen MR) is 81.5 cm³/mol. The zero-order chi connectivity index (χ0) is 13.9. The van der Waals surface area contributed by atoms with E-state index >= 15 is 0 Å². The molecule has 0 aliphatic carbocycles. The summed E-state index contributed by atoms with van der Waals surface area (Å²) in [5, 5.41) is 10.2. The summed E-state index contributed by atoms with van der Waals surface area (Å²) in [6, 6.07) is 13.0. The first-order chi connectivity index (χ1) is 9.76. The van der Waals surface area contributed by atoms with Gasteiger partial charge in [-0.05, 0) is 35.9 Å². The van der Waals surface area contributed by atoms with Gasteiger partial charge in [0.15, 0.2) is 11.5 Å². The third kappa shape index (κ3) is 2.48. The number of phenols is 1. The number of nitrogens with zero attached hydrogens (tertiary/aromatic N) is 2. The van der Waals surface area contributed by atoms with Crippen LogP contribution in [-0.2, 0) is 0 Å². The minimum atomic E-state index is 0.115. The summed E-state index contributed by atoms with van der Waals surface area (Å²) in [5.74, 6) is 0.544. The van der Waals surface area contributed by atoms with Gasteiger partial charge in [-0.25, -0.2) is 9.98 Å². The van der Waals surface area contributed by atoms with Gasteiger partial charge >= 0.3 is 0 Å². The van der Waals surface area contributed by atoms with Crippen LogP contribution in [0.2, 0.25) is 0 Å². The molecule has 0 aliphatic heterocycles. The van der Waals surface area contributed by atoms with Crippen molar-refractivity contribution in [1.82, 2.24) is 4.98 Å². The third-order valence-corrected chi connectivity index (χ3v) is 3.75. The number of aromatic hydroxyl groups is 1. The highest BCUT2D eigenvalue weighted by molar-refractivity contribution is 7.22. The average molecular weight is 284 g/mol. The third-order valence-electron chi connectivity index (χ3n) is 2.81. The number of methoxy groups -OCH3 is 1. The Labute approximate surface area is 120 Å². The van der Waals surface area contributed by atoms with Gasteiger partial charge in [-0.1, -0.05) is 23.5 Å². The second kappa shape index (κ2) is 5.30. The molecule has 5 heteroatoms. The van der Waals surface area contributed by atoms with Gasteiger partial charge in [0.2, 0.25) is 5.13 Å². The number of fused-ring (bicyclic) bond motifs is 1. The van der Waals surface area contributed by atoms with E-state index in [-0.39, 0.29) is 5.75 Å². The lowest BCUT2D eigenvalue weighted by Crippen LogP contribution is -1.86. The van der Waals surface area contributed by atoms with Crippen LogP contribution in [0.4, 0.5) is 5.13 Å². The number of rotatable bonds is 3. The standard InChI is InChI=1S/C15H12N2O2S/c1-19-13-8-10(6-7-12(13)18)9-16-15-17-11-4-2-3-5-14(11)20-15/h2-9,18H,1H3/b16-9+. The van der Waals surface area contributed by atoms with Crippen molar-refractivity contribution < 1.29 is 9.84 Å². The molecular weight excluding hydrogens is 272 g/mol. The monoisotopic (exact) mass is 284 g/mol. The molecule has 0 aliphatic rings. The number of aliphatic imine (C=N–C) groups is 1. The van der Waals surface area contributed by atoms with Crippen molar-refractivity contribution in [1.29, 1.82) is 0 Å². The van der Waals surface area contributed by atoms with Gasteiger partial charge in [0.25, 0.3) is 0 Å². The molecule has 1 heterocycles. The fourth-order valence-corrected chi connectivity index (χ4v) is 2.63. The molecule has 3 rings (SSSR count). The number of hydrogen-bond acceptors (Lipinski definition) is 5. The molecule has 0 amide bonds. The first-order valence-electron chi connectivity index (χ1n) is 6.03. The molecule has 0 saturated carbocycles. The average Bonchev–Trinajstić information content (AvgIpc) is 2.89. The van der Waals surface area contributed by atoms with Crippen LogP contribution in [0.5, 0.6) is 11.5 Å². The van der Waals surface area contributed by atoms with Crippen molar-refractivity contribution in [3.05, 3.63) is 48.0 Å². The summed E-state index contributed by atoms with van der Waals surface area (Å²) in [4.78, 5) is 8.79. The number of ether oxygens (including phenoxy) is 1.